The minimum absolute atomic E-state index is 0.630. The standard InChI is InChI=1S/C17H21N5/c1-4-6-15-12(3)20-17-18-11-19-22(17)16(15)21-14-9-7-13(5-2)8-10-14/h7-11,21H,4-6H2,1-3H3. The lowest BCUT2D eigenvalue weighted by Gasteiger charge is -2.15. The Morgan fingerprint density at radius 1 is 1.14 bits per heavy atom. The highest BCUT2D eigenvalue weighted by molar-refractivity contribution is 5.63. The summed E-state index contributed by atoms with van der Waals surface area (Å²) in [5, 5.41) is 7.81. The Kier molecular flexibility index (Phi) is 4.04. The van der Waals surface area contributed by atoms with Crippen LogP contribution in [-0.4, -0.2) is 19.6 Å². The minimum Gasteiger partial charge on any atom is -0.340 e. The summed E-state index contributed by atoms with van der Waals surface area (Å²) in [4.78, 5) is 8.74. The second-order valence-corrected chi connectivity index (χ2v) is 5.42. The van der Waals surface area contributed by atoms with Crippen LogP contribution in [0.3, 0.4) is 0 Å². The summed E-state index contributed by atoms with van der Waals surface area (Å²) >= 11 is 0. The van der Waals surface area contributed by atoms with Crippen LogP contribution in [0.1, 0.15) is 37.1 Å². The van der Waals surface area contributed by atoms with Crippen molar-refractivity contribution in [2.45, 2.75) is 40.0 Å². The first-order chi connectivity index (χ1) is 10.7. The molecule has 0 aliphatic heterocycles. The van der Waals surface area contributed by atoms with E-state index in [9.17, 15) is 0 Å². The van der Waals surface area contributed by atoms with Gasteiger partial charge in [0.25, 0.3) is 5.78 Å². The van der Waals surface area contributed by atoms with Crippen LogP contribution in [0.5, 0.6) is 0 Å². The quantitative estimate of drug-likeness (QED) is 0.780. The fourth-order valence-corrected chi connectivity index (χ4v) is 2.62. The molecule has 0 saturated heterocycles. The molecule has 0 spiro atoms. The predicted octanol–water partition coefficient (Wildman–Crippen LogP) is 3.69. The van der Waals surface area contributed by atoms with Gasteiger partial charge in [0.2, 0.25) is 0 Å². The Bertz CT molecular complexity index is 774. The van der Waals surface area contributed by atoms with Crippen molar-refractivity contribution in [2.24, 2.45) is 0 Å². The molecule has 0 aliphatic carbocycles. The van der Waals surface area contributed by atoms with Crippen LogP contribution in [-0.2, 0) is 12.8 Å². The summed E-state index contributed by atoms with van der Waals surface area (Å²) in [6.07, 6.45) is 4.61. The molecule has 0 amide bonds. The largest absolute Gasteiger partial charge is 0.340 e. The third kappa shape index (κ3) is 2.66. The molecular weight excluding hydrogens is 274 g/mol. The highest BCUT2D eigenvalue weighted by Gasteiger charge is 2.14. The van der Waals surface area contributed by atoms with E-state index in [0.29, 0.717) is 5.78 Å². The molecule has 3 rings (SSSR count). The number of anilines is 2. The molecule has 2 aromatic heterocycles. The normalized spacial score (nSPS) is 11.0. The molecule has 114 valence electrons. The van der Waals surface area contributed by atoms with Crippen LogP contribution in [0.15, 0.2) is 30.6 Å². The summed E-state index contributed by atoms with van der Waals surface area (Å²) < 4.78 is 1.78. The van der Waals surface area contributed by atoms with Crippen molar-refractivity contribution >= 4 is 17.3 Å². The van der Waals surface area contributed by atoms with E-state index in [2.05, 4.69) is 58.5 Å². The average Bonchev–Trinajstić information content (AvgIpc) is 2.99. The van der Waals surface area contributed by atoms with Crippen LogP contribution in [0.2, 0.25) is 0 Å². The Hall–Kier alpha value is -2.43. The molecule has 0 radical (unpaired) electrons. The summed E-state index contributed by atoms with van der Waals surface area (Å²) in [7, 11) is 0. The summed E-state index contributed by atoms with van der Waals surface area (Å²) in [5.41, 5.74) is 4.59. The third-order valence-electron chi connectivity index (χ3n) is 3.86. The summed E-state index contributed by atoms with van der Waals surface area (Å²) in [5.74, 6) is 1.59. The van der Waals surface area contributed by atoms with Crippen molar-refractivity contribution in [3.05, 3.63) is 47.4 Å². The van der Waals surface area contributed by atoms with Crippen molar-refractivity contribution in [1.29, 1.82) is 0 Å². The molecule has 0 bridgehead atoms. The first kappa shape index (κ1) is 14.5. The number of hydrogen-bond acceptors (Lipinski definition) is 4. The molecule has 0 atom stereocenters. The van der Waals surface area contributed by atoms with Crippen molar-refractivity contribution in [1.82, 2.24) is 19.6 Å². The molecule has 3 aromatic rings. The van der Waals surface area contributed by atoms with E-state index in [1.807, 2.05) is 6.92 Å². The van der Waals surface area contributed by atoms with Gasteiger partial charge in [-0.1, -0.05) is 32.4 Å². The second kappa shape index (κ2) is 6.13. The molecule has 1 N–H and O–H groups in total. The van der Waals surface area contributed by atoms with Gasteiger partial charge in [-0.3, -0.25) is 0 Å². The summed E-state index contributed by atoms with van der Waals surface area (Å²) in [6, 6.07) is 8.50. The molecule has 22 heavy (non-hydrogen) atoms. The fraction of sp³-hybridized carbons (Fsp3) is 0.353. The van der Waals surface area contributed by atoms with E-state index in [-0.39, 0.29) is 0 Å². The van der Waals surface area contributed by atoms with Gasteiger partial charge < -0.3 is 5.32 Å². The molecule has 0 fully saturated rings. The third-order valence-corrected chi connectivity index (χ3v) is 3.86. The first-order valence-electron chi connectivity index (χ1n) is 7.78. The van der Waals surface area contributed by atoms with E-state index in [4.69, 9.17) is 0 Å². The number of hydrogen-bond donors (Lipinski definition) is 1. The molecule has 0 unspecified atom stereocenters. The van der Waals surface area contributed by atoms with Gasteiger partial charge in [-0.2, -0.15) is 14.6 Å². The Labute approximate surface area is 130 Å². The molecule has 0 saturated carbocycles. The fourth-order valence-electron chi connectivity index (χ4n) is 2.62. The lowest BCUT2D eigenvalue weighted by Crippen LogP contribution is -2.08. The van der Waals surface area contributed by atoms with Gasteiger partial charge in [-0.25, -0.2) is 4.98 Å². The van der Waals surface area contributed by atoms with E-state index in [1.165, 1.54) is 11.1 Å². The van der Waals surface area contributed by atoms with E-state index in [0.717, 1.165) is 36.5 Å². The lowest BCUT2D eigenvalue weighted by atomic mass is 10.1. The van der Waals surface area contributed by atoms with Crippen molar-refractivity contribution in [3.8, 4) is 0 Å². The predicted molar refractivity (Wildman–Crippen MR) is 88.6 cm³/mol. The Balaban J connectivity index is 2.06. The monoisotopic (exact) mass is 295 g/mol. The molecule has 2 heterocycles. The molecule has 1 aromatic carbocycles. The van der Waals surface area contributed by atoms with Crippen LogP contribution >= 0.6 is 0 Å². The zero-order valence-corrected chi connectivity index (χ0v) is 13.3. The van der Waals surface area contributed by atoms with Gasteiger partial charge >= 0.3 is 0 Å². The van der Waals surface area contributed by atoms with Gasteiger partial charge in [0.05, 0.1) is 0 Å². The van der Waals surface area contributed by atoms with Crippen LogP contribution < -0.4 is 5.32 Å². The molecular formula is C17H21N5. The highest BCUT2D eigenvalue weighted by Crippen LogP contribution is 2.24. The van der Waals surface area contributed by atoms with Crippen LogP contribution in [0.25, 0.3) is 5.78 Å². The lowest BCUT2D eigenvalue weighted by molar-refractivity contribution is 0.856. The number of nitrogens with one attached hydrogen (secondary N) is 1. The zero-order valence-electron chi connectivity index (χ0n) is 13.3. The summed E-state index contributed by atoms with van der Waals surface area (Å²) in [6.45, 7) is 6.36. The number of nitrogens with zero attached hydrogens (tertiary/aromatic N) is 4. The maximum absolute atomic E-state index is 4.53. The Morgan fingerprint density at radius 3 is 2.59 bits per heavy atom. The maximum Gasteiger partial charge on any atom is 0.254 e. The van der Waals surface area contributed by atoms with Crippen molar-refractivity contribution in [2.75, 3.05) is 5.32 Å². The molecule has 5 heteroatoms. The van der Waals surface area contributed by atoms with Crippen LogP contribution in [0, 0.1) is 6.92 Å². The van der Waals surface area contributed by atoms with E-state index >= 15 is 0 Å². The van der Waals surface area contributed by atoms with Crippen molar-refractivity contribution < 1.29 is 0 Å². The number of fused-ring (bicyclic) bond motifs is 1. The minimum atomic E-state index is 0.630. The zero-order chi connectivity index (χ0) is 15.5. The highest BCUT2D eigenvalue weighted by atomic mass is 15.4. The smallest absolute Gasteiger partial charge is 0.254 e. The number of aryl methyl sites for hydroxylation is 2. The number of aromatic nitrogens is 4. The van der Waals surface area contributed by atoms with Gasteiger partial charge in [0.1, 0.15) is 12.1 Å². The number of rotatable bonds is 5. The van der Waals surface area contributed by atoms with E-state index in [1.54, 1.807) is 10.8 Å². The van der Waals surface area contributed by atoms with Gasteiger partial charge in [0.15, 0.2) is 0 Å². The van der Waals surface area contributed by atoms with Gasteiger partial charge in [-0.15, -0.1) is 0 Å². The Morgan fingerprint density at radius 2 is 1.91 bits per heavy atom. The topological polar surface area (TPSA) is 55.1 Å². The maximum atomic E-state index is 4.53. The number of benzene rings is 1. The van der Waals surface area contributed by atoms with Crippen LogP contribution in [0.4, 0.5) is 11.5 Å². The molecule has 5 nitrogen and oxygen atoms in total. The average molecular weight is 295 g/mol. The van der Waals surface area contributed by atoms with E-state index < -0.39 is 0 Å². The van der Waals surface area contributed by atoms with Gasteiger partial charge in [-0.05, 0) is 37.5 Å². The van der Waals surface area contributed by atoms with Gasteiger partial charge in [0, 0.05) is 16.9 Å². The second-order valence-electron chi connectivity index (χ2n) is 5.42. The SMILES string of the molecule is CCCc1c(C)nc2ncnn2c1Nc1ccc(CC)cc1. The first-order valence-corrected chi connectivity index (χ1v) is 7.78. The van der Waals surface area contributed by atoms with Crippen molar-refractivity contribution in [3.63, 3.8) is 0 Å². The molecule has 0 aliphatic rings.